The number of rotatable bonds is 4. The van der Waals surface area contributed by atoms with Crippen molar-refractivity contribution in [2.45, 2.75) is 43.8 Å². The van der Waals surface area contributed by atoms with E-state index < -0.39 is 5.67 Å². The third-order valence-electron chi connectivity index (χ3n) is 4.68. The summed E-state index contributed by atoms with van der Waals surface area (Å²) in [7, 11) is 0. The summed E-state index contributed by atoms with van der Waals surface area (Å²) in [6.07, 6.45) is 6.89. The highest BCUT2D eigenvalue weighted by atomic mass is 19.1. The van der Waals surface area contributed by atoms with Gasteiger partial charge in [-0.1, -0.05) is 6.07 Å². The fourth-order valence-electron chi connectivity index (χ4n) is 3.09. The summed E-state index contributed by atoms with van der Waals surface area (Å²) in [5.41, 5.74) is -0.741. The number of likely N-dealkylation sites (tertiary alicyclic amines) is 1. The summed E-state index contributed by atoms with van der Waals surface area (Å²) in [4.78, 5) is 10.8. The zero-order chi connectivity index (χ0) is 15.0. The van der Waals surface area contributed by atoms with E-state index in [1.807, 2.05) is 18.3 Å². The number of hydrogen-bond acceptors (Lipinski definition) is 4. The van der Waals surface area contributed by atoms with E-state index in [4.69, 9.17) is 4.42 Å². The SMILES string of the molecule is FC1(c2ccccn2)CCN(Cc2ncc(C3CC3)o2)CC1. The van der Waals surface area contributed by atoms with E-state index in [9.17, 15) is 0 Å². The van der Waals surface area contributed by atoms with Gasteiger partial charge in [0.15, 0.2) is 5.67 Å². The van der Waals surface area contributed by atoms with E-state index in [0.29, 0.717) is 44.1 Å². The molecule has 2 aromatic rings. The maximum atomic E-state index is 15.0. The molecule has 1 aliphatic carbocycles. The summed E-state index contributed by atoms with van der Waals surface area (Å²) >= 11 is 0. The highest BCUT2D eigenvalue weighted by Gasteiger charge is 2.37. The fraction of sp³-hybridized carbons (Fsp3) is 0.529. The van der Waals surface area contributed by atoms with Crippen LogP contribution in [0.25, 0.3) is 0 Å². The first kappa shape index (κ1) is 13.9. The van der Waals surface area contributed by atoms with Crippen LogP contribution in [-0.2, 0) is 12.2 Å². The van der Waals surface area contributed by atoms with Crippen LogP contribution in [0.2, 0.25) is 0 Å². The number of oxazole rings is 1. The second-order valence-electron chi connectivity index (χ2n) is 6.39. The predicted octanol–water partition coefficient (Wildman–Crippen LogP) is 3.41. The molecule has 0 radical (unpaired) electrons. The lowest BCUT2D eigenvalue weighted by molar-refractivity contribution is 0.0454. The quantitative estimate of drug-likeness (QED) is 0.868. The predicted molar refractivity (Wildman–Crippen MR) is 80.0 cm³/mol. The molecule has 0 spiro atoms. The molecule has 0 atom stereocenters. The molecule has 4 rings (SSSR count). The van der Waals surface area contributed by atoms with Crippen molar-refractivity contribution in [1.29, 1.82) is 0 Å². The third kappa shape index (κ3) is 2.77. The van der Waals surface area contributed by atoms with E-state index in [1.165, 1.54) is 12.8 Å². The Morgan fingerprint density at radius 3 is 2.73 bits per heavy atom. The van der Waals surface area contributed by atoms with Crippen LogP contribution in [0, 0.1) is 0 Å². The number of nitrogens with zero attached hydrogens (tertiary/aromatic N) is 3. The summed E-state index contributed by atoms with van der Waals surface area (Å²) in [5.74, 6) is 2.36. The molecule has 2 fully saturated rings. The fourth-order valence-corrected chi connectivity index (χ4v) is 3.09. The molecule has 3 heterocycles. The lowest BCUT2D eigenvalue weighted by Crippen LogP contribution is -2.40. The summed E-state index contributed by atoms with van der Waals surface area (Å²) < 4.78 is 20.8. The minimum atomic E-state index is -1.30. The Bertz CT molecular complexity index is 630. The van der Waals surface area contributed by atoms with Crippen molar-refractivity contribution < 1.29 is 8.81 Å². The van der Waals surface area contributed by atoms with Gasteiger partial charge in [0.2, 0.25) is 5.89 Å². The van der Waals surface area contributed by atoms with Crippen molar-refractivity contribution in [3.8, 4) is 0 Å². The second-order valence-corrected chi connectivity index (χ2v) is 6.39. The molecule has 0 N–H and O–H groups in total. The van der Waals surface area contributed by atoms with Crippen molar-refractivity contribution in [2.75, 3.05) is 13.1 Å². The zero-order valence-corrected chi connectivity index (χ0v) is 12.5. The maximum Gasteiger partial charge on any atom is 0.208 e. The second kappa shape index (κ2) is 5.47. The first-order valence-electron chi connectivity index (χ1n) is 8.00. The number of hydrogen-bond donors (Lipinski definition) is 0. The van der Waals surface area contributed by atoms with Gasteiger partial charge in [-0.3, -0.25) is 9.88 Å². The standard InChI is InChI=1S/C17H20FN3O/c18-17(15-3-1-2-8-19-15)6-9-21(10-7-17)12-16-20-11-14(22-16)13-4-5-13/h1-3,8,11,13H,4-7,9-10,12H2. The van der Waals surface area contributed by atoms with Crippen LogP contribution in [0.15, 0.2) is 35.0 Å². The monoisotopic (exact) mass is 301 g/mol. The minimum Gasteiger partial charge on any atom is -0.444 e. The Hall–Kier alpha value is -1.75. The van der Waals surface area contributed by atoms with Crippen LogP contribution in [0.1, 0.15) is 48.9 Å². The number of alkyl halides is 1. The van der Waals surface area contributed by atoms with Crippen LogP contribution in [0.5, 0.6) is 0 Å². The molecule has 116 valence electrons. The summed E-state index contributed by atoms with van der Waals surface area (Å²) in [6, 6.07) is 5.45. The zero-order valence-electron chi connectivity index (χ0n) is 12.5. The Balaban J connectivity index is 1.37. The average Bonchev–Trinajstić information content (AvgIpc) is 3.31. The molecule has 4 nitrogen and oxygen atoms in total. The van der Waals surface area contributed by atoms with Crippen molar-refractivity contribution in [3.05, 3.63) is 47.9 Å². The largest absolute Gasteiger partial charge is 0.444 e. The third-order valence-corrected chi connectivity index (χ3v) is 4.68. The smallest absolute Gasteiger partial charge is 0.208 e. The first-order valence-corrected chi connectivity index (χ1v) is 8.00. The van der Waals surface area contributed by atoms with Gasteiger partial charge in [0.1, 0.15) is 5.76 Å². The van der Waals surface area contributed by atoms with Gasteiger partial charge in [0, 0.05) is 25.2 Å². The molecule has 1 saturated heterocycles. The van der Waals surface area contributed by atoms with E-state index in [-0.39, 0.29) is 0 Å². The molecule has 2 aliphatic rings. The van der Waals surface area contributed by atoms with Gasteiger partial charge in [-0.05, 0) is 37.8 Å². The molecule has 1 saturated carbocycles. The summed E-state index contributed by atoms with van der Waals surface area (Å²) in [5, 5.41) is 0. The Morgan fingerprint density at radius 2 is 2.05 bits per heavy atom. The van der Waals surface area contributed by atoms with Gasteiger partial charge in [0.25, 0.3) is 0 Å². The Kier molecular flexibility index (Phi) is 3.45. The number of halogens is 1. The average molecular weight is 301 g/mol. The van der Waals surface area contributed by atoms with Crippen molar-refractivity contribution in [3.63, 3.8) is 0 Å². The van der Waals surface area contributed by atoms with E-state index in [1.54, 1.807) is 12.3 Å². The van der Waals surface area contributed by atoms with Gasteiger partial charge in [0.05, 0.1) is 18.4 Å². The van der Waals surface area contributed by atoms with Gasteiger partial charge in [-0.2, -0.15) is 0 Å². The molecule has 0 bridgehead atoms. The molecular formula is C17H20FN3O. The van der Waals surface area contributed by atoms with E-state index >= 15 is 4.39 Å². The van der Waals surface area contributed by atoms with Gasteiger partial charge < -0.3 is 4.42 Å². The topological polar surface area (TPSA) is 42.2 Å². The number of piperidine rings is 1. The lowest BCUT2D eigenvalue weighted by atomic mass is 9.89. The first-order chi connectivity index (χ1) is 10.7. The van der Waals surface area contributed by atoms with Crippen molar-refractivity contribution >= 4 is 0 Å². The van der Waals surface area contributed by atoms with Crippen molar-refractivity contribution in [1.82, 2.24) is 14.9 Å². The number of aromatic nitrogens is 2. The molecule has 0 unspecified atom stereocenters. The molecule has 2 aromatic heterocycles. The lowest BCUT2D eigenvalue weighted by Gasteiger charge is -2.35. The minimum absolute atomic E-state index is 0.472. The van der Waals surface area contributed by atoms with Crippen molar-refractivity contribution in [2.24, 2.45) is 0 Å². The van der Waals surface area contributed by atoms with E-state index in [2.05, 4.69) is 14.9 Å². The van der Waals surface area contributed by atoms with E-state index in [0.717, 1.165) is 11.7 Å². The van der Waals surface area contributed by atoms with Crippen LogP contribution in [0.4, 0.5) is 4.39 Å². The van der Waals surface area contributed by atoms with Gasteiger partial charge in [-0.15, -0.1) is 0 Å². The normalized spacial score (nSPS) is 21.9. The summed E-state index contributed by atoms with van der Waals surface area (Å²) in [6.45, 7) is 2.08. The molecule has 1 aliphatic heterocycles. The van der Waals surface area contributed by atoms with Gasteiger partial charge in [-0.25, -0.2) is 9.37 Å². The molecular weight excluding hydrogens is 281 g/mol. The van der Waals surface area contributed by atoms with Gasteiger partial charge >= 0.3 is 0 Å². The van der Waals surface area contributed by atoms with Crippen LogP contribution >= 0.6 is 0 Å². The van der Waals surface area contributed by atoms with Crippen LogP contribution in [0.3, 0.4) is 0 Å². The maximum absolute atomic E-state index is 15.0. The highest BCUT2D eigenvalue weighted by Crippen LogP contribution is 2.40. The van der Waals surface area contributed by atoms with Crippen LogP contribution in [-0.4, -0.2) is 28.0 Å². The molecule has 22 heavy (non-hydrogen) atoms. The highest BCUT2D eigenvalue weighted by molar-refractivity contribution is 5.14. The molecule has 0 aromatic carbocycles. The molecule has 5 heteroatoms. The van der Waals surface area contributed by atoms with Crippen LogP contribution < -0.4 is 0 Å². The molecule has 0 amide bonds. The Morgan fingerprint density at radius 1 is 1.23 bits per heavy atom. The number of pyridine rings is 1. The Labute approximate surface area is 129 Å².